The zero-order chi connectivity index (χ0) is 50.6. The van der Waals surface area contributed by atoms with Crippen LogP contribution in [0.5, 0.6) is 0 Å². The molecule has 0 fully saturated rings. The van der Waals surface area contributed by atoms with E-state index in [0.717, 1.165) is 109 Å². The Balaban J connectivity index is 3.66. The molecule has 4 nitrogen and oxygen atoms in total. The molecule has 2 atom stereocenters. The molecule has 0 aliphatic rings. The number of carbonyl (C=O) groups is 1. The van der Waals surface area contributed by atoms with Crippen molar-refractivity contribution in [2.45, 2.75) is 257 Å². The van der Waals surface area contributed by atoms with E-state index in [4.69, 9.17) is 0 Å². The van der Waals surface area contributed by atoms with E-state index in [1.165, 1.54) is 116 Å². The van der Waals surface area contributed by atoms with Gasteiger partial charge in [0.15, 0.2) is 0 Å². The monoisotopic (exact) mass is 964 g/mol. The van der Waals surface area contributed by atoms with Crippen LogP contribution in [-0.2, 0) is 4.79 Å². The Morgan fingerprint density at radius 3 is 0.943 bits per heavy atom. The quantitative estimate of drug-likeness (QED) is 0.0420. The van der Waals surface area contributed by atoms with E-state index in [2.05, 4.69) is 153 Å². The van der Waals surface area contributed by atoms with Gasteiger partial charge in [-0.2, -0.15) is 0 Å². The predicted octanol–water partition coefficient (Wildman–Crippen LogP) is 19.6. The first-order valence-electron chi connectivity index (χ1n) is 29.0. The molecule has 0 saturated heterocycles. The number of aliphatic hydroxyl groups is 2. The average Bonchev–Trinajstić information content (AvgIpc) is 3.36. The second kappa shape index (κ2) is 59.6. The molecule has 0 rings (SSSR count). The first-order chi connectivity index (χ1) is 34.7. The summed E-state index contributed by atoms with van der Waals surface area (Å²) in [6, 6.07) is -0.638. The van der Waals surface area contributed by atoms with Crippen LogP contribution in [0.3, 0.4) is 0 Å². The third kappa shape index (κ3) is 55.2. The molecule has 2 unspecified atom stereocenters. The fourth-order valence-electron chi connectivity index (χ4n) is 7.95. The van der Waals surface area contributed by atoms with Gasteiger partial charge in [-0.25, -0.2) is 0 Å². The fourth-order valence-corrected chi connectivity index (χ4v) is 7.95. The molecule has 0 aromatic carbocycles. The smallest absolute Gasteiger partial charge is 0.220 e. The molecule has 0 aromatic rings. The number of carbonyl (C=O) groups excluding carboxylic acids is 1. The number of unbranched alkanes of at least 4 members (excludes halogenated alkanes) is 22. The minimum absolute atomic E-state index is 0.0804. The summed E-state index contributed by atoms with van der Waals surface area (Å²) >= 11 is 0. The molecule has 3 N–H and O–H groups in total. The van der Waals surface area contributed by atoms with Crippen LogP contribution in [0, 0.1) is 0 Å². The lowest BCUT2D eigenvalue weighted by atomic mass is 10.0. The van der Waals surface area contributed by atoms with E-state index < -0.39 is 12.1 Å². The number of amides is 1. The Hall–Kier alpha value is -3.73. The average molecular weight is 965 g/mol. The number of rotatable bonds is 51. The lowest BCUT2D eigenvalue weighted by Crippen LogP contribution is -2.45. The van der Waals surface area contributed by atoms with Crippen molar-refractivity contribution in [2.75, 3.05) is 6.61 Å². The van der Waals surface area contributed by atoms with Crippen LogP contribution in [0.2, 0.25) is 0 Å². The van der Waals surface area contributed by atoms with Crippen molar-refractivity contribution in [3.05, 3.63) is 146 Å². The van der Waals surface area contributed by atoms with Gasteiger partial charge in [0, 0.05) is 6.42 Å². The van der Waals surface area contributed by atoms with E-state index >= 15 is 0 Å². The summed E-state index contributed by atoms with van der Waals surface area (Å²) < 4.78 is 0. The summed E-state index contributed by atoms with van der Waals surface area (Å²) in [5.74, 6) is -0.0804. The first kappa shape index (κ1) is 66.3. The van der Waals surface area contributed by atoms with Crippen LogP contribution in [-0.4, -0.2) is 34.9 Å². The van der Waals surface area contributed by atoms with Crippen LogP contribution in [0.25, 0.3) is 0 Å². The molecule has 70 heavy (non-hydrogen) atoms. The Bertz CT molecular complexity index is 1470. The maximum Gasteiger partial charge on any atom is 0.220 e. The van der Waals surface area contributed by atoms with Gasteiger partial charge in [-0.3, -0.25) is 4.79 Å². The molecule has 396 valence electrons. The fraction of sp³-hybridized carbons (Fsp3) is 0.621. The number of aliphatic hydroxyl groups excluding tert-OH is 2. The molecule has 0 heterocycles. The van der Waals surface area contributed by atoms with Gasteiger partial charge in [-0.05, 0) is 103 Å². The summed E-state index contributed by atoms with van der Waals surface area (Å²) in [6.45, 7) is 4.19. The summed E-state index contributed by atoms with van der Waals surface area (Å²) in [5.41, 5.74) is 0. The molecular weight excluding hydrogens is 855 g/mol. The van der Waals surface area contributed by atoms with Gasteiger partial charge in [-0.1, -0.05) is 282 Å². The molecule has 0 aliphatic carbocycles. The van der Waals surface area contributed by atoms with Gasteiger partial charge in [-0.15, -0.1) is 0 Å². The SMILES string of the molecule is CC/C=C\C/C=C\C/C=C\C/C=C\C/C=C\C/C=C\C/C=C\C/C=C\C/C=C\C/C=C\C/C=C\CCCCCCCCCC(=O)NC(CO)C(O)/C=C/CCCCCCCCCCCCCCCCC. The van der Waals surface area contributed by atoms with Crippen molar-refractivity contribution >= 4 is 5.91 Å². The largest absolute Gasteiger partial charge is 0.394 e. The molecule has 0 spiro atoms. The van der Waals surface area contributed by atoms with Crippen LogP contribution in [0.15, 0.2) is 146 Å². The maximum atomic E-state index is 12.5. The van der Waals surface area contributed by atoms with Gasteiger partial charge >= 0.3 is 0 Å². The van der Waals surface area contributed by atoms with Crippen molar-refractivity contribution in [3.8, 4) is 0 Å². The van der Waals surface area contributed by atoms with Crippen molar-refractivity contribution in [1.29, 1.82) is 0 Å². The third-order valence-corrected chi connectivity index (χ3v) is 12.3. The molecule has 4 heteroatoms. The summed E-state index contributed by atoms with van der Waals surface area (Å²) in [4.78, 5) is 12.5. The van der Waals surface area contributed by atoms with Gasteiger partial charge in [0.2, 0.25) is 5.91 Å². The third-order valence-electron chi connectivity index (χ3n) is 12.3. The Kier molecular flexibility index (Phi) is 56.4. The topological polar surface area (TPSA) is 69.6 Å². The molecule has 0 aromatic heterocycles. The van der Waals surface area contributed by atoms with E-state index in [1.807, 2.05) is 6.08 Å². The van der Waals surface area contributed by atoms with E-state index in [1.54, 1.807) is 6.08 Å². The van der Waals surface area contributed by atoms with Crippen molar-refractivity contribution in [2.24, 2.45) is 0 Å². The summed E-state index contributed by atoms with van der Waals surface area (Å²) in [6.07, 6.45) is 94.3. The second-order valence-electron chi connectivity index (χ2n) is 19.0. The molecule has 1 amide bonds. The highest BCUT2D eigenvalue weighted by molar-refractivity contribution is 5.76. The van der Waals surface area contributed by atoms with Crippen LogP contribution in [0.4, 0.5) is 0 Å². The van der Waals surface area contributed by atoms with Gasteiger partial charge < -0.3 is 15.5 Å². The first-order valence-corrected chi connectivity index (χ1v) is 29.0. The molecular formula is C66H109NO3. The van der Waals surface area contributed by atoms with Crippen molar-refractivity contribution in [3.63, 3.8) is 0 Å². The van der Waals surface area contributed by atoms with E-state index in [0.29, 0.717) is 6.42 Å². The van der Waals surface area contributed by atoms with Crippen LogP contribution < -0.4 is 5.32 Å². The molecule has 0 saturated carbocycles. The van der Waals surface area contributed by atoms with E-state index in [9.17, 15) is 15.0 Å². The summed E-state index contributed by atoms with van der Waals surface area (Å²) in [5, 5.41) is 23.1. The van der Waals surface area contributed by atoms with Gasteiger partial charge in [0.1, 0.15) is 0 Å². The van der Waals surface area contributed by atoms with Gasteiger partial charge in [0.25, 0.3) is 0 Å². The Morgan fingerprint density at radius 2 is 0.629 bits per heavy atom. The second-order valence-corrected chi connectivity index (χ2v) is 19.0. The maximum absolute atomic E-state index is 12.5. The number of nitrogens with one attached hydrogen (secondary N) is 1. The van der Waals surface area contributed by atoms with Gasteiger partial charge in [0.05, 0.1) is 18.8 Å². The number of allylic oxidation sites excluding steroid dienone is 23. The Labute approximate surface area is 433 Å². The highest BCUT2D eigenvalue weighted by Gasteiger charge is 2.18. The van der Waals surface area contributed by atoms with Crippen molar-refractivity contribution in [1.82, 2.24) is 5.32 Å². The molecule has 0 aliphatic heterocycles. The normalized spacial score (nSPS) is 13.9. The van der Waals surface area contributed by atoms with Crippen molar-refractivity contribution < 1.29 is 15.0 Å². The number of hydrogen-bond acceptors (Lipinski definition) is 3. The zero-order valence-electron chi connectivity index (χ0n) is 45.5. The Morgan fingerprint density at radius 1 is 0.357 bits per heavy atom. The number of hydrogen-bond donors (Lipinski definition) is 3. The standard InChI is InChI=1S/C66H109NO3/c1-3-5-7-9-11-13-15-17-19-21-22-23-24-25-26-27-28-29-30-31-32-33-34-35-36-37-38-39-40-41-42-43-44-46-48-50-52-54-56-58-60-62-66(70)67-64(63-68)65(69)61-59-57-55-53-51-49-47-45-20-18-16-14-12-10-8-6-4-2/h5,7,11,13,17,19,22-23,25-26,28-29,31-32,34-35,37-38,40-41,43-44,59,61,64-65,68-69H,3-4,6,8-10,12,14-16,18,20-21,24,27,30,33,36,39,42,45-58,60,62-63H2,1-2H3,(H,67,70)/b7-5-,13-11-,19-17-,23-22-,26-25-,29-28-,32-31-,35-34-,38-37-,41-40-,44-43-,61-59+. The predicted molar refractivity (Wildman–Crippen MR) is 312 cm³/mol. The zero-order valence-corrected chi connectivity index (χ0v) is 45.5. The lowest BCUT2D eigenvalue weighted by molar-refractivity contribution is -0.123. The molecule has 0 radical (unpaired) electrons. The highest BCUT2D eigenvalue weighted by Crippen LogP contribution is 2.15. The van der Waals surface area contributed by atoms with E-state index in [-0.39, 0.29) is 12.5 Å². The minimum Gasteiger partial charge on any atom is -0.394 e. The lowest BCUT2D eigenvalue weighted by Gasteiger charge is -2.20. The molecule has 0 bridgehead atoms. The minimum atomic E-state index is -0.854. The highest BCUT2D eigenvalue weighted by atomic mass is 16.3. The van der Waals surface area contributed by atoms with Crippen LogP contribution in [0.1, 0.15) is 245 Å². The van der Waals surface area contributed by atoms with Crippen LogP contribution >= 0.6 is 0 Å². The summed E-state index contributed by atoms with van der Waals surface area (Å²) in [7, 11) is 0.